The van der Waals surface area contributed by atoms with Gasteiger partial charge in [-0.25, -0.2) is 4.79 Å². The van der Waals surface area contributed by atoms with Gasteiger partial charge in [0, 0.05) is 12.0 Å². The molecule has 0 aromatic rings. The molecule has 0 spiro atoms. The van der Waals surface area contributed by atoms with Crippen LogP contribution < -0.4 is 0 Å². The van der Waals surface area contributed by atoms with E-state index in [4.69, 9.17) is 15.3 Å². The average molecular weight is 190 g/mol. The lowest BCUT2D eigenvalue weighted by molar-refractivity contribution is -0.140. The van der Waals surface area contributed by atoms with Crippen molar-refractivity contribution in [2.45, 2.75) is 12.5 Å². The molecule has 1 unspecified atom stereocenters. The smallest absolute Gasteiger partial charge is 0.333 e. The number of rotatable bonds is 6. The van der Waals surface area contributed by atoms with Crippen molar-refractivity contribution in [3.63, 3.8) is 0 Å². The number of aliphatic hydroxyl groups excluding tert-OH is 3. The van der Waals surface area contributed by atoms with Gasteiger partial charge in [0.15, 0.2) is 0 Å². The van der Waals surface area contributed by atoms with Gasteiger partial charge in [-0.05, 0) is 0 Å². The fourth-order valence-corrected chi connectivity index (χ4v) is 0.673. The van der Waals surface area contributed by atoms with E-state index in [1.807, 2.05) is 0 Å². The molecule has 76 valence electrons. The highest BCUT2D eigenvalue weighted by Gasteiger charge is 2.12. The summed E-state index contributed by atoms with van der Waals surface area (Å²) in [7, 11) is 0. The molecule has 13 heavy (non-hydrogen) atoms. The van der Waals surface area contributed by atoms with Crippen LogP contribution in [0.15, 0.2) is 12.2 Å². The summed E-state index contributed by atoms with van der Waals surface area (Å²) in [6.07, 6.45) is -1.02. The van der Waals surface area contributed by atoms with Crippen LogP contribution >= 0.6 is 0 Å². The predicted octanol–water partition coefficient (Wildman–Crippen LogP) is -1.18. The Balaban J connectivity index is 3.76. The van der Waals surface area contributed by atoms with Gasteiger partial charge >= 0.3 is 5.97 Å². The van der Waals surface area contributed by atoms with E-state index < -0.39 is 18.7 Å². The highest BCUT2D eigenvalue weighted by molar-refractivity contribution is 5.87. The van der Waals surface area contributed by atoms with Crippen molar-refractivity contribution in [1.82, 2.24) is 0 Å². The standard InChI is InChI=1S/C8H14O5/c1-6(4-7(11)5-10)8(12)13-3-2-9/h7,9-11H,1-5H2. The van der Waals surface area contributed by atoms with E-state index in [0.29, 0.717) is 0 Å². The number of hydrogen-bond donors (Lipinski definition) is 3. The molecule has 5 heteroatoms. The molecule has 0 aliphatic rings. The zero-order valence-electron chi connectivity index (χ0n) is 7.27. The van der Waals surface area contributed by atoms with Gasteiger partial charge in [-0.15, -0.1) is 0 Å². The van der Waals surface area contributed by atoms with Gasteiger partial charge in [-0.3, -0.25) is 0 Å². The van der Waals surface area contributed by atoms with Crippen LogP contribution in [0.2, 0.25) is 0 Å². The summed E-state index contributed by atoms with van der Waals surface area (Å²) in [5.74, 6) is -0.665. The molecule has 3 N–H and O–H groups in total. The van der Waals surface area contributed by atoms with Crippen molar-refractivity contribution in [2.75, 3.05) is 19.8 Å². The summed E-state index contributed by atoms with van der Waals surface area (Å²) in [5, 5.41) is 25.7. The molecule has 0 aliphatic heterocycles. The van der Waals surface area contributed by atoms with Gasteiger partial charge < -0.3 is 20.1 Å². The van der Waals surface area contributed by atoms with Gasteiger partial charge in [0.05, 0.1) is 19.3 Å². The van der Waals surface area contributed by atoms with Crippen LogP contribution in [0.1, 0.15) is 6.42 Å². The summed E-state index contributed by atoms with van der Waals surface area (Å²) in [6, 6.07) is 0. The molecule has 0 aliphatic carbocycles. The quantitative estimate of drug-likeness (QED) is 0.362. The van der Waals surface area contributed by atoms with Crippen LogP contribution in [0.3, 0.4) is 0 Å². The van der Waals surface area contributed by atoms with Crippen molar-refractivity contribution in [2.24, 2.45) is 0 Å². The second kappa shape index (κ2) is 6.59. The first-order valence-corrected chi connectivity index (χ1v) is 3.86. The Kier molecular flexibility index (Phi) is 6.13. The second-order valence-corrected chi connectivity index (χ2v) is 2.50. The van der Waals surface area contributed by atoms with Crippen molar-refractivity contribution in [3.05, 3.63) is 12.2 Å². The summed E-state index contributed by atoms with van der Waals surface area (Å²) >= 11 is 0. The Morgan fingerprint density at radius 3 is 2.54 bits per heavy atom. The number of ether oxygens (including phenoxy) is 1. The Bertz CT molecular complexity index is 177. The van der Waals surface area contributed by atoms with Gasteiger partial charge in [0.2, 0.25) is 0 Å². The van der Waals surface area contributed by atoms with Crippen molar-refractivity contribution in [1.29, 1.82) is 0 Å². The van der Waals surface area contributed by atoms with E-state index >= 15 is 0 Å². The lowest BCUT2D eigenvalue weighted by atomic mass is 10.1. The normalized spacial score (nSPS) is 12.2. The SMILES string of the molecule is C=C(CC(O)CO)C(=O)OCCO. The van der Waals surface area contributed by atoms with Crippen LogP contribution in [0.4, 0.5) is 0 Å². The maximum atomic E-state index is 10.9. The molecular weight excluding hydrogens is 176 g/mol. The van der Waals surface area contributed by atoms with Crippen LogP contribution in [0.25, 0.3) is 0 Å². The van der Waals surface area contributed by atoms with E-state index in [1.165, 1.54) is 0 Å². The van der Waals surface area contributed by atoms with E-state index in [9.17, 15) is 4.79 Å². The number of esters is 1. The third-order valence-electron chi connectivity index (χ3n) is 1.31. The van der Waals surface area contributed by atoms with E-state index in [2.05, 4.69) is 11.3 Å². The number of carbonyl (C=O) groups excluding carboxylic acids is 1. The van der Waals surface area contributed by atoms with Gasteiger partial charge in [0.1, 0.15) is 6.61 Å². The Morgan fingerprint density at radius 2 is 2.08 bits per heavy atom. The largest absolute Gasteiger partial charge is 0.460 e. The highest BCUT2D eigenvalue weighted by Crippen LogP contribution is 2.04. The number of hydrogen-bond acceptors (Lipinski definition) is 5. The molecule has 1 atom stereocenters. The first-order valence-electron chi connectivity index (χ1n) is 3.86. The molecule has 0 heterocycles. The molecule has 0 bridgehead atoms. The Labute approximate surface area is 76.3 Å². The van der Waals surface area contributed by atoms with Crippen LogP contribution in [0, 0.1) is 0 Å². The fraction of sp³-hybridized carbons (Fsp3) is 0.625. The van der Waals surface area contributed by atoms with Crippen LogP contribution in [0.5, 0.6) is 0 Å². The van der Waals surface area contributed by atoms with Gasteiger partial charge in [-0.1, -0.05) is 6.58 Å². The lowest BCUT2D eigenvalue weighted by Crippen LogP contribution is -2.18. The molecule has 0 amide bonds. The first-order chi connectivity index (χ1) is 6.11. The highest BCUT2D eigenvalue weighted by atomic mass is 16.5. The maximum absolute atomic E-state index is 10.9. The Hall–Kier alpha value is -0.910. The molecule has 0 rings (SSSR count). The molecule has 0 saturated carbocycles. The Morgan fingerprint density at radius 1 is 1.46 bits per heavy atom. The molecular formula is C8H14O5. The minimum absolute atomic E-state index is 0.0270. The monoisotopic (exact) mass is 190 g/mol. The minimum Gasteiger partial charge on any atom is -0.460 e. The number of carbonyl (C=O) groups is 1. The number of aliphatic hydroxyl groups is 3. The molecule has 0 aromatic heterocycles. The molecule has 0 radical (unpaired) electrons. The minimum atomic E-state index is -0.992. The third-order valence-corrected chi connectivity index (χ3v) is 1.31. The average Bonchev–Trinajstić information content (AvgIpc) is 2.13. The maximum Gasteiger partial charge on any atom is 0.333 e. The zero-order chi connectivity index (χ0) is 10.3. The van der Waals surface area contributed by atoms with Gasteiger partial charge in [0.25, 0.3) is 0 Å². The summed E-state index contributed by atoms with van der Waals surface area (Å²) in [5.41, 5.74) is 0.0787. The van der Waals surface area contributed by atoms with Crippen molar-refractivity contribution >= 4 is 5.97 Å². The van der Waals surface area contributed by atoms with E-state index in [1.54, 1.807) is 0 Å². The summed E-state index contributed by atoms with van der Waals surface area (Å²) < 4.78 is 4.52. The first kappa shape index (κ1) is 12.1. The second-order valence-electron chi connectivity index (χ2n) is 2.50. The zero-order valence-corrected chi connectivity index (χ0v) is 7.27. The van der Waals surface area contributed by atoms with Crippen molar-refractivity contribution in [3.8, 4) is 0 Å². The molecule has 0 saturated heterocycles. The summed E-state index contributed by atoms with van der Waals surface area (Å²) in [6.45, 7) is 2.61. The molecule has 5 nitrogen and oxygen atoms in total. The molecule has 0 fully saturated rings. The topological polar surface area (TPSA) is 87.0 Å². The summed E-state index contributed by atoms with van der Waals surface area (Å²) in [4.78, 5) is 10.9. The fourth-order valence-electron chi connectivity index (χ4n) is 0.673. The van der Waals surface area contributed by atoms with E-state index in [0.717, 1.165) is 0 Å². The third kappa shape index (κ3) is 5.35. The predicted molar refractivity (Wildman–Crippen MR) is 44.9 cm³/mol. The van der Waals surface area contributed by atoms with Crippen LogP contribution in [-0.4, -0.2) is 47.2 Å². The van der Waals surface area contributed by atoms with Crippen molar-refractivity contribution < 1.29 is 24.9 Å². The van der Waals surface area contributed by atoms with Gasteiger partial charge in [-0.2, -0.15) is 0 Å². The molecule has 0 aromatic carbocycles. The lowest BCUT2D eigenvalue weighted by Gasteiger charge is -2.08. The van der Waals surface area contributed by atoms with E-state index in [-0.39, 0.29) is 25.2 Å². The van der Waals surface area contributed by atoms with Crippen LogP contribution in [-0.2, 0) is 9.53 Å².